The Labute approximate surface area is 147 Å². The maximum atomic E-state index is 12.9. The van der Waals surface area contributed by atoms with E-state index in [1.165, 1.54) is 0 Å². The van der Waals surface area contributed by atoms with Crippen LogP contribution in [0.25, 0.3) is 11.0 Å². The number of carboxylic acids is 1. The smallest absolute Gasteiger partial charge is 0.305 e. The molecule has 0 spiro atoms. The highest BCUT2D eigenvalue weighted by Gasteiger charge is 2.32. The molecule has 0 bridgehead atoms. The summed E-state index contributed by atoms with van der Waals surface area (Å²) in [5, 5.41) is 17.2. The quantitative estimate of drug-likeness (QED) is 0.803. The predicted octanol–water partition coefficient (Wildman–Crippen LogP) is 3.08. The van der Waals surface area contributed by atoms with Crippen LogP contribution in [0.15, 0.2) is 12.3 Å². The Bertz CT molecular complexity index is 791. The fraction of sp³-hybridized carbons (Fsp3) is 0.556. The molecular formula is C18H26N4O3. The first-order chi connectivity index (χ1) is 11.7. The summed E-state index contributed by atoms with van der Waals surface area (Å²) < 4.78 is 1.78. The summed E-state index contributed by atoms with van der Waals surface area (Å²) in [6, 6.07) is 1.85. The van der Waals surface area contributed by atoms with Crippen LogP contribution in [0.2, 0.25) is 0 Å². The summed E-state index contributed by atoms with van der Waals surface area (Å²) in [7, 11) is 0. The minimum absolute atomic E-state index is 0.107. The largest absolute Gasteiger partial charge is 0.481 e. The summed E-state index contributed by atoms with van der Waals surface area (Å²) in [6.07, 6.45) is 2.62. The summed E-state index contributed by atoms with van der Waals surface area (Å²) in [6.45, 7) is 9.61. The average molecular weight is 346 g/mol. The predicted molar refractivity (Wildman–Crippen MR) is 95.7 cm³/mol. The van der Waals surface area contributed by atoms with Crippen LogP contribution in [0.3, 0.4) is 0 Å². The van der Waals surface area contributed by atoms with Gasteiger partial charge in [0.15, 0.2) is 5.65 Å². The Balaban J connectivity index is 2.47. The van der Waals surface area contributed by atoms with Crippen LogP contribution in [0, 0.1) is 6.92 Å². The molecule has 25 heavy (non-hydrogen) atoms. The number of carbonyl (C=O) groups excluding carboxylic acids is 1. The first kappa shape index (κ1) is 18.9. The zero-order valence-electron chi connectivity index (χ0n) is 15.5. The maximum Gasteiger partial charge on any atom is 0.305 e. The molecular weight excluding hydrogens is 320 g/mol. The fourth-order valence-corrected chi connectivity index (χ4v) is 3.03. The van der Waals surface area contributed by atoms with Crippen LogP contribution in [-0.4, -0.2) is 37.3 Å². The number of aryl methyl sites for hydroxylation is 1. The number of amides is 1. The van der Waals surface area contributed by atoms with Crippen LogP contribution in [-0.2, 0) is 4.79 Å². The van der Waals surface area contributed by atoms with Gasteiger partial charge in [0.05, 0.1) is 29.1 Å². The molecule has 0 aromatic carbocycles. The van der Waals surface area contributed by atoms with Crippen molar-refractivity contribution in [2.75, 3.05) is 0 Å². The van der Waals surface area contributed by atoms with E-state index in [-0.39, 0.29) is 18.4 Å². The van der Waals surface area contributed by atoms with Crippen molar-refractivity contribution in [1.82, 2.24) is 20.1 Å². The Morgan fingerprint density at radius 2 is 1.96 bits per heavy atom. The summed E-state index contributed by atoms with van der Waals surface area (Å²) in [5.74, 6) is -1.21. The molecule has 0 unspecified atom stereocenters. The van der Waals surface area contributed by atoms with Gasteiger partial charge in [0.25, 0.3) is 5.91 Å². The molecule has 0 atom stereocenters. The van der Waals surface area contributed by atoms with Gasteiger partial charge < -0.3 is 10.4 Å². The molecule has 0 saturated carbocycles. The molecule has 0 aliphatic carbocycles. The highest BCUT2D eigenvalue weighted by Crippen LogP contribution is 2.24. The van der Waals surface area contributed by atoms with Crippen LogP contribution in [0.4, 0.5) is 0 Å². The van der Waals surface area contributed by atoms with Crippen molar-refractivity contribution in [2.45, 2.75) is 65.5 Å². The van der Waals surface area contributed by atoms with Gasteiger partial charge in [0.2, 0.25) is 0 Å². The molecule has 2 aromatic rings. The zero-order valence-corrected chi connectivity index (χ0v) is 15.5. The fourth-order valence-electron chi connectivity index (χ4n) is 3.03. The molecule has 0 radical (unpaired) electrons. The molecule has 0 aliphatic rings. The van der Waals surface area contributed by atoms with E-state index in [2.05, 4.69) is 15.4 Å². The van der Waals surface area contributed by atoms with Gasteiger partial charge in [-0.15, -0.1) is 0 Å². The number of nitrogens with zero attached hydrogens (tertiary/aromatic N) is 3. The summed E-state index contributed by atoms with van der Waals surface area (Å²) >= 11 is 0. The Hall–Kier alpha value is -2.44. The molecule has 1 amide bonds. The highest BCUT2D eigenvalue weighted by molar-refractivity contribution is 6.06. The lowest BCUT2D eigenvalue weighted by atomic mass is 9.88. The van der Waals surface area contributed by atoms with Crippen molar-refractivity contribution in [3.8, 4) is 0 Å². The van der Waals surface area contributed by atoms with Crippen molar-refractivity contribution in [3.63, 3.8) is 0 Å². The molecule has 7 nitrogen and oxygen atoms in total. The van der Waals surface area contributed by atoms with E-state index in [9.17, 15) is 14.7 Å². The molecule has 2 heterocycles. The third kappa shape index (κ3) is 3.81. The number of hydrogen-bond donors (Lipinski definition) is 2. The number of hydrogen-bond acceptors (Lipinski definition) is 4. The van der Waals surface area contributed by atoms with Gasteiger partial charge in [-0.25, -0.2) is 9.67 Å². The summed E-state index contributed by atoms with van der Waals surface area (Å²) in [4.78, 5) is 28.7. The van der Waals surface area contributed by atoms with Crippen molar-refractivity contribution in [1.29, 1.82) is 0 Å². The van der Waals surface area contributed by atoms with Gasteiger partial charge in [-0.2, -0.15) is 5.10 Å². The number of pyridine rings is 1. The van der Waals surface area contributed by atoms with Crippen LogP contribution < -0.4 is 5.32 Å². The monoisotopic (exact) mass is 346 g/mol. The molecule has 0 saturated heterocycles. The van der Waals surface area contributed by atoms with Gasteiger partial charge >= 0.3 is 5.97 Å². The van der Waals surface area contributed by atoms with Gasteiger partial charge in [0.1, 0.15) is 0 Å². The van der Waals surface area contributed by atoms with E-state index in [0.717, 1.165) is 5.69 Å². The van der Waals surface area contributed by atoms with Gasteiger partial charge in [0, 0.05) is 11.7 Å². The second-order valence-electron chi connectivity index (χ2n) is 6.74. The van der Waals surface area contributed by atoms with Gasteiger partial charge in [-0.3, -0.25) is 9.59 Å². The molecule has 2 N–H and O–H groups in total. The maximum absolute atomic E-state index is 12.9. The van der Waals surface area contributed by atoms with E-state index in [0.29, 0.717) is 29.4 Å². The SMILES string of the molecule is CCC(CC)(CC(=O)O)NC(=O)c1cc(C)nc2c1cnn2C(C)C. The molecule has 0 fully saturated rings. The number of fused-ring (bicyclic) bond motifs is 1. The Kier molecular flexibility index (Phi) is 5.45. The molecule has 136 valence electrons. The number of rotatable bonds is 7. The van der Waals surface area contributed by atoms with E-state index >= 15 is 0 Å². The third-order valence-electron chi connectivity index (χ3n) is 4.65. The molecule has 2 aromatic heterocycles. The molecule has 0 aliphatic heterocycles. The third-order valence-corrected chi connectivity index (χ3v) is 4.65. The number of nitrogens with one attached hydrogen (secondary N) is 1. The lowest BCUT2D eigenvalue weighted by molar-refractivity contribution is -0.138. The molecule has 7 heteroatoms. The minimum Gasteiger partial charge on any atom is -0.481 e. The lowest BCUT2D eigenvalue weighted by Crippen LogP contribution is -2.49. The number of carboxylic acid groups (broad SMARTS) is 1. The van der Waals surface area contributed by atoms with Crippen molar-refractivity contribution in [3.05, 3.63) is 23.5 Å². The van der Waals surface area contributed by atoms with Crippen molar-refractivity contribution < 1.29 is 14.7 Å². The standard InChI is InChI=1S/C18H26N4O3/c1-6-18(7-2,9-15(23)24)21-17(25)13-8-12(5)20-16-14(13)10-19-22(16)11(3)4/h8,10-11H,6-7,9H2,1-5H3,(H,21,25)(H,23,24). The van der Waals surface area contributed by atoms with Crippen LogP contribution in [0.1, 0.15) is 69.1 Å². The van der Waals surface area contributed by atoms with E-state index < -0.39 is 11.5 Å². The summed E-state index contributed by atoms with van der Waals surface area (Å²) in [5.41, 5.74) is 1.10. The second kappa shape index (κ2) is 7.21. The van der Waals surface area contributed by atoms with Crippen molar-refractivity contribution >= 4 is 22.9 Å². The number of aromatic nitrogens is 3. The van der Waals surface area contributed by atoms with Crippen LogP contribution in [0.5, 0.6) is 0 Å². The van der Waals surface area contributed by atoms with Crippen LogP contribution >= 0.6 is 0 Å². The lowest BCUT2D eigenvalue weighted by Gasteiger charge is -2.31. The number of carbonyl (C=O) groups is 2. The Morgan fingerprint density at radius 1 is 1.32 bits per heavy atom. The zero-order chi connectivity index (χ0) is 18.8. The topological polar surface area (TPSA) is 97.1 Å². The van der Waals surface area contributed by atoms with E-state index in [4.69, 9.17) is 0 Å². The normalized spacial score (nSPS) is 11.9. The number of aliphatic carboxylic acids is 1. The van der Waals surface area contributed by atoms with Gasteiger partial charge in [-0.05, 0) is 39.7 Å². The average Bonchev–Trinajstić information content (AvgIpc) is 2.96. The van der Waals surface area contributed by atoms with E-state index in [1.54, 1.807) is 16.9 Å². The first-order valence-corrected chi connectivity index (χ1v) is 8.62. The highest BCUT2D eigenvalue weighted by atomic mass is 16.4. The van der Waals surface area contributed by atoms with Gasteiger partial charge in [-0.1, -0.05) is 13.8 Å². The van der Waals surface area contributed by atoms with E-state index in [1.807, 2.05) is 34.6 Å². The molecule has 2 rings (SSSR count). The van der Waals surface area contributed by atoms with Crippen molar-refractivity contribution in [2.24, 2.45) is 0 Å². The Morgan fingerprint density at radius 3 is 2.48 bits per heavy atom. The minimum atomic E-state index is -0.923. The second-order valence-corrected chi connectivity index (χ2v) is 6.74. The first-order valence-electron chi connectivity index (χ1n) is 8.62.